The molecule has 2 nitrogen and oxygen atoms in total. The highest BCUT2D eigenvalue weighted by Gasteiger charge is 2.40. The van der Waals surface area contributed by atoms with E-state index in [4.69, 9.17) is 0 Å². The van der Waals surface area contributed by atoms with Gasteiger partial charge >= 0.3 is 0 Å². The summed E-state index contributed by atoms with van der Waals surface area (Å²) in [5.41, 5.74) is 0. The van der Waals surface area contributed by atoms with E-state index in [0.717, 1.165) is 45.8 Å². The van der Waals surface area contributed by atoms with Gasteiger partial charge in [0.15, 0.2) is 7.14 Å². The van der Waals surface area contributed by atoms with Gasteiger partial charge in [-0.05, 0) is 30.5 Å². The van der Waals surface area contributed by atoms with Crippen LogP contribution >= 0.6 is 14.3 Å². The van der Waals surface area contributed by atoms with Crippen molar-refractivity contribution < 1.29 is 9.13 Å². The van der Waals surface area contributed by atoms with Gasteiger partial charge in [0, 0.05) is 27.4 Å². The Bertz CT molecular complexity index is 1290. The molecule has 0 aliphatic heterocycles. The topological polar surface area (TPSA) is 34.1 Å². The summed E-state index contributed by atoms with van der Waals surface area (Å²) >= 11 is 0. The molecule has 0 aromatic heterocycles. The van der Waals surface area contributed by atoms with Crippen molar-refractivity contribution in [3.05, 3.63) is 133 Å². The quantitative estimate of drug-likeness (QED) is 0.267. The molecule has 176 valence electrons. The van der Waals surface area contributed by atoms with Crippen LogP contribution in [-0.4, -0.2) is 6.16 Å². The van der Waals surface area contributed by atoms with Crippen molar-refractivity contribution in [2.75, 3.05) is 6.16 Å². The third-order valence-electron chi connectivity index (χ3n) is 6.96. The van der Waals surface area contributed by atoms with Crippen LogP contribution in [0.3, 0.4) is 0 Å². The Hall–Kier alpha value is -2.92. The first kappa shape index (κ1) is 23.8. The Labute approximate surface area is 208 Å². The summed E-state index contributed by atoms with van der Waals surface area (Å²) in [6, 6.07) is 39.4. The fraction of sp³-hybridized carbons (Fsp3) is 0.161. The summed E-state index contributed by atoms with van der Waals surface area (Å²) in [5, 5.41) is 4.39. The Morgan fingerprint density at radius 3 is 1.40 bits per heavy atom. The molecule has 1 unspecified atom stereocenters. The molecule has 0 spiro atoms. The van der Waals surface area contributed by atoms with E-state index in [1.807, 2.05) is 121 Å². The molecule has 0 saturated heterocycles. The van der Waals surface area contributed by atoms with Gasteiger partial charge in [0.25, 0.3) is 0 Å². The Morgan fingerprint density at radius 1 is 0.571 bits per heavy atom. The predicted octanol–water partition coefficient (Wildman–Crippen LogP) is 6.70. The molecule has 1 atom stereocenters. The van der Waals surface area contributed by atoms with Crippen molar-refractivity contribution in [3.63, 3.8) is 0 Å². The monoisotopic (exact) mass is 496 g/mol. The molecule has 0 amide bonds. The summed E-state index contributed by atoms with van der Waals surface area (Å²) in [6.07, 6.45) is 5.47. The summed E-state index contributed by atoms with van der Waals surface area (Å²) < 4.78 is 30.1. The Kier molecular flexibility index (Phi) is 7.05. The van der Waals surface area contributed by atoms with Crippen LogP contribution in [0.2, 0.25) is 0 Å². The average Bonchev–Trinajstić information content (AvgIpc) is 2.95. The maximum atomic E-state index is 15.2. The SMILES string of the molecule is O=P(CC1CCCC=C1P(=O)(c1ccccc1)c1ccccc1)(c1ccccc1)c1ccccc1. The maximum Gasteiger partial charge on any atom is 0.167 e. The van der Waals surface area contributed by atoms with Crippen LogP contribution in [0.5, 0.6) is 0 Å². The van der Waals surface area contributed by atoms with Gasteiger partial charge in [0.2, 0.25) is 0 Å². The number of benzene rings is 4. The summed E-state index contributed by atoms with van der Waals surface area (Å²) in [6.45, 7) is 0. The average molecular weight is 497 g/mol. The van der Waals surface area contributed by atoms with Crippen molar-refractivity contribution in [3.8, 4) is 0 Å². The first-order valence-corrected chi connectivity index (χ1v) is 15.8. The van der Waals surface area contributed by atoms with E-state index in [1.165, 1.54) is 0 Å². The first-order valence-electron chi connectivity index (χ1n) is 12.2. The molecule has 0 heterocycles. The predicted molar refractivity (Wildman–Crippen MR) is 150 cm³/mol. The lowest BCUT2D eigenvalue weighted by Crippen LogP contribution is -2.27. The fourth-order valence-electron chi connectivity index (χ4n) is 5.23. The van der Waals surface area contributed by atoms with E-state index < -0.39 is 14.3 Å². The normalized spacial score (nSPS) is 16.5. The first-order chi connectivity index (χ1) is 17.1. The number of allylic oxidation sites excluding steroid dienone is 2. The molecule has 0 N–H and O–H groups in total. The van der Waals surface area contributed by atoms with E-state index >= 15 is 4.57 Å². The Balaban J connectivity index is 1.64. The largest absolute Gasteiger partial charge is 0.314 e. The van der Waals surface area contributed by atoms with Gasteiger partial charge < -0.3 is 9.13 Å². The van der Waals surface area contributed by atoms with Crippen LogP contribution in [0.25, 0.3) is 0 Å². The van der Waals surface area contributed by atoms with Crippen molar-refractivity contribution in [1.82, 2.24) is 0 Å². The van der Waals surface area contributed by atoms with E-state index in [0.29, 0.717) is 6.16 Å². The lowest BCUT2D eigenvalue weighted by atomic mass is 9.97. The van der Waals surface area contributed by atoms with Gasteiger partial charge in [-0.2, -0.15) is 0 Å². The maximum absolute atomic E-state index is 15.2. The van der Waals surface area contributed by atoms with Gasteiger partial charge in [-0.25, -0.2) is 0 Å². The molecule has 5 rings (SSSR count). The Morgan fingerprint density at radius 2 is 0.971 bits per heavy atom. The standard InChI is InChI=1S/C31H30O2P2/c32-34(27-16-5-1-6-17-27,28-18-7-2-8-19-28)25-26-15-13-14-24-31(26)35(33,29-20-9-3-10-21-29)30-22-11-4-12-23-30/h1-12,16-24,26H,13-15,25H2. The van der Waals surface area contributed by atoms with Gasteiger partial charge in [0.1, 0.15) is 7.14 Å². The molecular weight excluding hydrogens is 466 g/mol. The molecular formula is C31H30O2P2. The molecule has 0 radical (unpaired) electrons. The van der Waals surface area contributed by atoms with Crippen LogP contribution in [0.15, 0.2) is 133 Å². The van der Waals surface area contributed by atoms with Crippen molar-refractivity contribution in [2.45, 2.75) is 19.3 Å². The zero-order valence-corrected chi connectivity index (χ0v) is 21.5. The van der Waals surface area contributed by atoms with Crippen molar-refractivity contribution in [1.29, 1.82) is 0 Å². The van der Waals surface area contributed by atoms with Gasteiger partial charge in [0.05, 0.1) is 0 Å². The molecule has 0 bridgehead atoms. The van der Waals surface area contributed by atoms with Crippen LogP contribution in [-0.2, 0) is 9.13 Å². The zero-order chi connectivity index (χ0) is 24.1. The van der Waals surface area contributed by atoms with Crippen molar-refractivity contribution in [2.24, 2.45) is 5.92 Å². The van der Waals surface area contributed by atoms with Crippen LogP contribution < -0.4 is 21.2 Å². The number of hydrogen-bond acceptors (Lipinski definition) is 2. The molecule has 0 fully saturated rings. The highest BCUT2D eigenvalue weighted by atomic mass is 31.2. The smallest absolute Gasteiger partial charge is 0.167 e. The minimum Gasteiger partial charge on any atom is -0.314 e. The third kappa shape index (κ3) is 4.66. The summed E-state index contributed by atoms with van der Waals surface area (Å²) in [4.78, 5) is 0. The second kappa shape index (κ2) is 10.4. The highest BCUT2D eigenvalue weighted by molar-refractivity contribution is 7.82. The number of rotatable bonds is 7. The van der Waals surface area contributed by atoms with Gasteiger partial charge in [-0.15, -0.1) is 0 Å². The van der Waals surface area contributed by atoms with Crippen molar-refractivity contribution >= 4 is 35.5 Å². The minimum atomic E-state index is -3.08. The molecule has 4 heteroatoms. The van der Waals surface area contributed by atoms with Crippen LogP contribution in [0, 0.1) is 5.92 Å². The number of hydrogen-bond donors (Lipinski definition) is 0. The molecule has 35 heavy (non-hydrogen) atoms. The van der Waals surface area contributed by atoms with Gasteiger partial charge in [-0.3, -0.25) is 0 Å². The van der Waals surface area contributed by atoms with E-state index in [2.05, 4.69) is 6.08 Å². The van der Waals surface area contributed by atoms with E-state index in [-0.39, 0.29) is 5.92 Å². The fourth-order valence-corrected chi connectivity index (χ4v) is 11.6. The molecule has 0 saturated carbocycles. The minimum absolute atomic E-state index is 0.0266. The molecule has 1 aliphatic carbocycles. The summed E-state index contributed by atoms with van der Waals surface area (Å²) in [5.74, 6) is -0.0266. The summed E-state index contributed by atoms with van der Waals surface area (Å²) in [7, 11) is -6.03. The highest BCUT2D eigenvalue weighted by Crippen LogP contribution is 2.60. The third-order valence-corrected chi connectivity index (χ3v) is 13.5. The molecule has 4 aromatic rings. The zero-order valence-electron chi connectivity index (χ0n) is 19.7. The van der Waals surface area contributed by atoms with Crippen LogP contribution in [0.1, 0.15) is 19.3 Å². The van der Waals surface area contributed by atoms with E-state index in [9.17, 15) is 4.57 Å². The van der Waals surface area contributed by atoms with E-state index in [1.54, 1.807) is 0 Å². The second-order valence-corrected chi connectivity index (χ2v) is 14.8. The van der Waals surface area contributed by atoms with Gasteiger partial charge in [-0.1, -0.05) is 127 Å². The molecule has 1 aliphatic rings. The van der Waals surface area contributed by atoms with Crippen LogP contribution in [0.4, 0.5) is 0 Å². The lowest BCUT2D eigenvalue weighted by molar-refractivity contribution is 0.541. The lowest BCUT2D eigenvalue weighted by Gasteiger charge is -2.34. The second-order valence-electron chi connectivity index (χ2n) is 9.13. The molecule has 4 aromatic carbocycles.